The third kappa shape index (κ3) is 3.21. The summed E-state index contributed by atoms with van der Waals surface area (Å²) in [7, 11) is 0. The summed E-state index contributed by atoms with van der Waals surface area (Å²) in [5.41, 5.74) is 0.686. The number of likely N-dealkylation sites (tertiary alicyclic amines) is 1. The number of hydrogen-bond donors (Lipinski definition) is 1. The summed E-state index contributed by atoms with van der Waals surface area (Å²) >= 11 is 0. The molecule has 3 fully saturated rings. The van der Waals surface area contributed by atoms with Crippen LogP contribution in [0.15, 0.2) is 0 Å². The minimum Gasteiger partial charge on any atom is -0.389 e. The zero-order valence-electron chi connectivity index (χ0n) is 15.8. The molecule has 3 heteroatoms. The molecule has 2 bridgehead atoms. The molecular weight excluding hydrogens is 286 g/mol. The van der Waals surface area contributed by atoms with Crippen molar-refractivity contribution in [1.29, 1.82) is 0 Å². The lowest BCUT2D eigenvalue weighted by Crippen LogP contribution is -2.44. The largest absolute Gasteiger partial charge is 0.389 e. The lowest BCUT2D eigenvalue weighted by atomic mass is 9.70. The second-order valence-electron chi connectivity index (χ2n) is 9.75. The van der Waals surface area contributed by atoms with Gasteiger partial charge in [-0.05, 0) is 54.3 Å². The van der Waals surface area contributed by atoms with E-state index in [1.54, 1.807) is 0 Å². The Morgan fingerprint density at radius 2 is 1.78 bits per heavy atom. The third-order valence-electron chi connectivity index (χ3n) is 7.62. The van der Waals surface area contributed by atoms with Gasteiger partial charge in [-0.15, -0.1) is 0 Å². The van der Waals surface area contributed by atoms with Crippen molar-refractivity contribution in [2.75, 3.05) is 26.2 Å². The van der Waals surface area contributed by atoms with E-state index >= 15 is 0 Å². The standard InChI is InChI=1S/C20H37NO2/c1-14-8-15(2)11-21(10-14)12-17(22)13-23-18-9-16-6-7-20(18,5)19(16,3)4/h14-18,22H,6-13H2,1-5H3/t14-,15+,16-,17-,18+,20-/m0/s1. The fraction of sp³-hybridized carbons (Fsp3) is 1.00. The van der Waals surface area contributed by atoms with E-state index in [-0.39, 0.29) is 6.10 Å². The van der Waals surface area contributed by atoms with Gasteiger partial charge >= 0.3 is 0 Å². The van der Waals surface area contributed by atoms with Crippen LogP contribution in [0.3, 0.4) is 0 Å². The number of rotatable bonds is 5. The molecule has 0 aromatic heterocycles. The topological polar surface area (TPSA) is 32.7 Å². The molecule has 0 unspecified atom stereocenters. The molecule has 1 aliphatic heterocycles. The molecule has 0 amide bonds. The molecule has 134 valence electrons. The number of piperidine rings is 1. The molecule has 1 heterocycles. The minimum absolute atomic E-state index is 0.297. The number of aliphatic hydroxyl groups is 1. The van der Waals surface area contributed by atoms with E-state index in [9.17, 15) is 5.11 Å². The molecule has 3 nitrogen and oxygen atoms in total. The Hall–Kier alpha value is -0.120. The highest BCUT2D eigenvalue weighted by Gasteiger charge is 2.61. The Kier molecular flexibility index (Phi) is 4.85. The van der Waals surface area contributed by atoms with Gasteiger partial charge in [-0.2, -0.15) is 0 Å². The zero-order chi connectivity index (χ0) is 16.8. The molecule has 3 aliphatic rings. The fourth-order valence-corrected chi connectivity index (χ4v) is 5.90. The molecule has 0 radical (unpaired) electrons. The quantitative estimate of drug-likeness (QED) is 0.840. The lowest BCUT2D eigenvalue weighted by Gasteiger charge is -2.39. The third-order valence-corrected chi connectivity index (χ3v) is 7.62. The first-order valence-corrected chi connectivity index (χ1v) is 9.74. The van der Waals surface area contributed by atoms with Gasteiger partial charge in [0.1, 0.15) is 0 Å². The van der Waals surface area contributed by atoms with E-state index in [0.717, 1.165) is 37.4 Å². The lowest BCUT2D eigenvalue weighted by molar-refractivity contribution is -0.0813. The van der Waals surface area contributed by atoms with E-state index in [2.05, 4.69) is 39.5 Å². The maximum Gasteiger partial charge on any atom is 0.0900 e. The Labute approximate surface area is 142 Å². The van der Waals surface area contributed by atoms with Crippen molar-refractivity contribution in [3.05, 3.63) is 0 Å². The van der Waals surface area contributed by atoms with Crippen molar-refractivity contribution in [2.45, 2.75) is 72.5 Å². The van der Waals surface area contributed by atoms with E-state index < -0.39 is 0 Å². The number of hydrogen-bond acceptors (Lipinski definition) is 3. The van der Waals surface area contributed by atoms with Crippen LogP contribution in [0.5, 0.6) is 0 Å². The Balaban J connectivity index is 1.48. The average molecular weight is 324 g/mol. The molecule has 0 aromatic carbocycles. The predicted molar refractivity (Wildman–Crippen MR) is 94.4 cm³/mol. The Morgan fingerprint density at radius 1 is 1.13 bits per heavy atom. The van der Waals surface area contributed by atoms with Gasteiger partial charge in [0, 0.05) is 19.6 Å². The number of ether oxygens (including phenoxy) is 1. The smallest absolute Gasteiger partial charge is 0.0900 e. The molecule has 23 heavy (non-hydrogen) atoms. The summed E-state index contributed by atoms with van der Waals surface area (Å²) in [5.74, 6) is 2.30. The molecule has 1 saturated heterocycles. The summed E-state index contributed by atoms with van der Waals surface area (Å²) in [4.78, 5) is 2.43. The number of β-amino-alcohol motifs (C(OH)–C–C–N with tert-alkyl or cyclic N) is 1. The van der Waals surface area contributed by atoms with Gasteiger partial charge in [0.05, 0.1) is 18.8 Å². The number of aliphatic hydroxyl groups excluding tert-OH is 1. The summed E-state index contributed by atoms with van der Waals surface area (Å²) in [6.45, 7) is 15.4. The van der Waals surface area contributed by atoms with Gasteiger partial charge in [-0.1, -0.05) is 34.6 Å². The van der Waals surface area contributed by atoms with Crippen LogP contribution in [0.4, 0.5) is 0 Å². The second-order valence-corrected chi connectivity index (χ2v) is 9.75. The van der Waals surface area contributed by atoms with E-state index in [4.69, 9.17) is 4.74 Å². The van der Waals surface area contributed by atoms with E-state index in [1.807, 2.05) is 0 Å². The summed E-state index contributed by atoms with van der Waals surface area (Å²) in [6.07, 6.45) is 5.14. The van der Waals surface area contributed by atoms with E-state index in [1.165, 1.54) is 25.7 Å². The predicted octanol–water partition coefficient (Wildman–Crippen LogP) is 3.56. The highest BCUT2D eigenvalue weighted by Crippen LogP contribution is 2.66. The molecule has 2 saturated carbocycles. The number of fused-ring (bicyclic) bond motifs is 2. The second kappa shape index (κ2) is 6.31. The molecule has 3 rings (SSSR count). The Morgan fingerprint density at radius 3 is 2.30 bits per heavy atom. The summed E-state index contributed by atoms with van der Waals surface area (Å²) < 4.78 is 6.26. The van der Waals surface area contributed by atoms with Crippen LogP contribution in [0.25, 0.3) is 0 Å². The van der Waals surface area contributed by atoms with Crippen molar-refractivity contribution in [3.63, 3.8) is 0 Å². The maximum atomic E-state index is 10.5. The van der Waals surface area contributed by atoms with Gasteiger partial charge in [-0.3, -0.25) is 0 Å². The van der Waals surface area contributed by atoms with Crippen LogP contribution in [0.1, 0.15) is 60.3 Å². The molecule has 1 N–H and O–H groups in total. The first-order valence-electron chi connectivity index (χ1n) is 9.74. The SMILES string of the molecule is C[C@@H]1C[C@H](C)CN(C[C@H](O)CO[C@@H]2C[C@@H]3CC[C@]2(C)C3(C)C)C1. The van der Waals surface area contributed by atoms with Crippen molar-refractivity contribution >= 4 is 0 Å². The van der Waals surface area contributed by atoms with Gasteiger partial charge in [-0.25, -0.2) is 0 Å². The Bertz CT molecular complexity index is 414. The highest BCUT2D eigenvalue weighted by molar-refractivity contribution is 5.11. The van der Waals surface area contributed by atoms with Gasteiger partial charge in [0.25, 0.3) is 0 Å². The normalized spacial score (nSPS) is 44.6. The molecule has 0 aromatic rings. The van der Waals surface area contributed by atoms with Crippen LogP contribution in [-0.4, -0.2) is 48.5 Å². The van der Waals surface area contributed by atoms with Crippen molar-refractivity contribution < 1.29 is 9.84 Å². The van der Waals surface area contributed by atoms with Crippen molar-refractivity contribution in [2.24, 2.45) is 28.6 Å². The fourth-order valence-electron chi connectivity index (χ4n) is 5.90. The van der Waals surface area contributed by atoms with Crippen LogP contribution < -0.4 is 0 Å². The average Bonchev–Trinajstić information content (AvgIpc) is 2.76. The van der Waals surface area contributed by atoms with Gasteiger partial charge in [0.15, 0.2) is 0 Å². The maximum absolute atomic E-state index is 10.5. The molecular formula is C20H37NO2. The minimum atomic E-state index is -0.349. The van der Waals surface area contributed by atoms with Gasteiger partial charge < -0.3 is 14.7 Å². The zero-order valence-corrected chi connectivity index (χ0v) is 15.8. The molecule has 0 spiro atoms. The first-order chi connectivity index (χ1) is 10.7. The van der Waals surface area contributed by atoms with Gasteiger partial charge in [0.2, 0.25) is 0 Å². The molecule has 6 atom stereocenters. The highest BCUT2D eigenvalue weighted by atomic mass is 16.5. The summed E-state index contributed by atoms with van der Waals surface area (Å²) in [5, 5.41) is 10.5. The van der Waals surface area contributed by atoms with Crippen molar-refractivity contribution in [1.82, 2.24) is 4.90 Å². The monoisotopic (exact) mass is 323 g/mol. The van der Waals surface area contributed by atoms with Crippen LogP contribution in [0, 0.1) is 28.6 Å². The van der Waals surface area contributed by atoms with Crippen molar-refractivity contribution in [3.8, 4) is 0 Å². The van der Waals surface area contributed by atoms with Crippen LogP contribution >= 0.6 is 0 Å². The summed E-state index contributed by atoms with van der Waals surface area (Å²) in [6, 6.07) is 0. The molecule has 2 aliphatic carbocycles. The van der Waals surface area contributed by atoms with E-state index in [0.29, 0.717) is 23.5 Å². The number of nitrogens with zero attached hydrogens (tertiary/aromatic N) is 1. The van der Waals surface area contributed by atoms with Crippen LogP contribution in [-0.2, 0) is 4.74 Å². The van der Waals surface area contributed by atoms with Crippen LogP contribution in [0.2, 0.25) is 0 Å². The first kappa shape index (κ1) is 17.7.